The van der Waals surface area contributed by atoms with Gasteiger partial charge in [0.15, 0.2) is 0 Å². The van der Waals surface area contributed by atoms with Gasteiger partial charge in [-0.1, -0.05) is 320 Å². The molecule has 2 heterocycles. The molecule has 0 aliphatic heterocycles. The molecule has 0 bridgehead atoms. The van der Waals surface area contributed by atoms with E-state index in [2.05, 4.69) is 270 Å². The second-order valence-corrected chi connectivity index (χ2v) is 33.0. The summed E-state index contributed by atoms with van der Waals surface area (Å²) in [4.78, 5) is 0. The summed E-state index contributed by atoms with van der Waals surface area (Å²) in [7, 11) is 0. The first-order valence-electron chi connectivity index (χ1n) is 42.1. The van der Waals surface area contributed by atoms with Gasteiger partial charge in [-0.25, -0.2) is 0 Å². The molecule has 106 heavy (non-hydrogen) atoms. The predicted octanol–water partition coefficient (Wildman–Crippen LogP) is 30.9. The Hall–Kier alpha value is -8.98. The quantitative estimate of drug-likeness (QED) is 0.0363. The molecule has 0 unspecified atom stereocenters. The summed E-state index contributed by atoms with van der Waals surface area (Å²) in [5.74, 6) is 0. The zero-order chi connectivity index (χ0) is 72.3. The first kappa shape index (κ1) is 71.3. The highest BCUT2D eigenvalue weighted by molar-refractivity contribution is 6.12. The van der Waals surface area contributed by atoms with Gasteiger partial charge in [-0.05, 0) is 244 Å². The molecule has 0 fully saturated rings. The second-order valence-electron chi connectivity index (χ2n) is 33.0. The third-order valence-electron chi connectivity index (χ3n) is 25.7. The van der Waals surface area contributed by atoms with E-state index in [1.807, 2.05) is 0 Å². The van der Waals surface area contributed by atoms with E-state index in [1.54, 1.807) is 22.3 Å². The molecule has 0 amide bonds. The van der Waals surface area contributed by atoms with Crippen molar-refractivity contribution in [3.8, 4) is 78.1 Å². The standard InChI is InChI=1S/C104H114N2/c1-8-12-16-20-24-30-58-103(59-31-25-21-17-13-9-2)95-35-29-28-34-87(95)88-51-41-78(69-96(88)103)75-39-49-85-81(65-75)67-82-66-76(40-50-86(82)85)79-42-52-89-90-53-43-80(71-98(90)104(97(89)70-79,60-32-26-22-18-14-10-3)61-33-27-23-19-15-11-4)77-44-57-102-94(68-77)93-64-74(7)38-56-101(93)106(102)84-47-45-83(46-48-84)105-99-54-36-72(5)62-91(99)92-63-73(6)37-55-100(92)105/h28-29,34-57,62-66,68-71H,8-27,30-33,58-61,67H2,1-7H3. The molecule has 3 aliphatic carbocycles. The number of hydrogen-bond acceptors (Lipinski definition) is 0. The van der Waals surface area contributed by atoms with Gasteiger partial charge in [0, 0.05) is 43.7 Å². The highest BCUT2D eigenvalue weighted by Crippen LogP contribution is 2.58. The molecule has 3 aliphatic rings. The fourth-order valence-electron chi connectivity index (χ4n) is 20.1. The highest BCUT2D eigenvalue weighted by atomic mass is 15.0. The van der Waals surface area contributed by atoms with E-state index in [-0.39, 0.29) is 10.8 Å². The van der Waals surface area contributed by atoms with Gasteiger partial charge < -0.3 is 9.13 Å². The van der Waals surface area contributed by atoms with E-state index in [0.29, 0.717) is 0 Å². The van der Waals surface area contributed by atoms with Gasteiger partial charge in [0.2, 0.25) is 0 Å². The molecule has 0 radical (unpaired) electrons. The predicted molar refractivity (Wildman–Crippen MR) is 458 cm³/mol. The van der Waals surface area contributed by atoms with Crippen LogP contribution >= 0.6 is 0 Å². The molecule has 0 atom stereocenters. The monoisotopic (exact) mass is 1390 g/mol. The Bertz CT molecular complexity index is 5240. The lowest BCUT2D eigenvalue weighted by molar-refractivity contribution is 0.398. The Morgan fingerprint density at radius 2 is 0.528 bits per heavy atom. The van der Waals surface area contributed by atoms with Crippen LogP contribution < -0.4 is 0 Å². The molecule has 16 rings (SSSR count). The zero-order valence-corrected chi connectivity index (χ0v) is 65.1. The Morgan fingerprint density at radius 1 is 0.245 bits per heavy atom. The summed E-state index contributed by atoms with van der Waals surface area (Å²) in [5.41, 5.74) is 37.1. The van der Waals surface area contributed by atoms with Crippen LogP contribution in [0.3, 0.4) is 0 Å². The maximum Gasteiger partial charge on any atom is 0.0541 e. The SMILES string of the molecule is CCCCCCCCC1(CCCCCCCC)c2ccccc2-c2ccc(-c3ccc4c(c3)Cc3cc(-c5ccc6c(c5)C(CCCCCCCC)(CCCCCCCC)c5cc(-c7ccc8c(c7)c7cc(C)ccc7n8-c7ccc(-n8c9ccc(C)cc9c9cc(C)ccc98)cc7)ccc5-6)ccc3-4)cc21. The minimum atomic E-state index is -0.0847. The van der Waals surface area contributed by atoms with Gasteiger partial charge in [0.1, 0.15) is 0 Å². The van der Waals surface area contributed by atoms with E-state index in [1.165, 1.54) is 329 Å². The van der Waals surface area contributed by atoms with Crippen molar-refractivity contribution in [2.75, 3.05) is 0 Å². The average Bonchev–Trinajstić information content (AvgIpc) is 1.59. The molecule has 2 aromatic heterocycles. The number of aryl methyl sites for hydroxylation is 3. The summed E-state index contributed by atoms with van der Waals surface area (Å²) in [6.45, 7) is 16.0. The zero-order valence-electron chi connectivity index (χ0n) is 65.1. The van der Waals surface area contributed by atoms with Gasteiger partial charge in [-0.2, -0.15) is 0 Å². The van der Waals surface area contributed by atoms with Crippen LogP contribution in [0.25, 0.3) is 122 Å². The third kappa shape index (κ3) is 13.5. The third-order valence-corrected chi connectivity index (χ3v) is 25.7. The maximum atomic E-state index is 2.69. The van der Waals surface area contributed by atoms with E-state index < -0.39 is 0 Å². The molecule has 0 spiro atoms. The van der Waals surface area contributed by atoms with Gasteiger partial charge in [0.05, 0.1) is 22.1 Å². The number of hydrogen-bond donors (Lipinski definition) is 0. The summed E-state index contributed by atoms with van der Waals surface area (Å²) in [6, 6.07) is 85.0. The lowest BCUT2D eigenvalue weighted by Crippen LogP contribution is -2.25. The first-order chi connectivity index (χ1) is 52.1. The van der Waals surface area contributed by atoms with Crippen LogP contribution in [0.5, 0.6) is 0 Å². The molecule has 2 heteroatoms. The summed E-state index contributed by atoms with van der Waals surface area (Å²) in [5, 5.41) is 5.22. The van der Waals surface area contributed by atoms with E-state index in [0.717, 1.165) is 6.42 Å². The molecule has 2 nitrogen and oxygen atoms in total. The number of rotatable bonds is 33. The highest BCUT2D eigenvalue weighted by Gasteiger charge is 2.44. The average molecular weight is 1390 g/mol. The topological polar surface area (TPSA) is 9.86 Å². The molecule has 11 aromatic carbocycles. The number of nitrogens with zero attached hydrogens (tertiary/aromatic N) is 2. The summed E-state index contributed by atoms with van der Waals surface area (Å²) >= 11 is 0. The Morgan fingerprint density at radius 3 is 0.906 bits per heavy atom. The van der Waals surface area contributed by atoms with Crippen molar-refractivity contribution in [3.05, 3.63) is 262 Å². The van der Waals surface area contributed by atoms with Gasteiger partial charge in [-0.15, -0.1) is 0 Å². The van der Waals surface area contributed by atoms with Crippen molar-refractivity contribution in [2.45, 2.75) is 245 Å². The lowest BCUT2D eigenvalue weighted by Gasteiger charge is -2.33. The summed E-state index contributed by atoms with van der Waals surface area (Å²) in [6.07, 6.45) is 37.4. The Labute approximate surface area is 634 Å². The molecule has 540 valence electrons. The van der Waals surface area contributed by atoms with Crippen molar-refractivity contribution in [1.29, 1.82) is 0 Å². The molecular weight excluding hydrogens is 1280 g/mol. The minimum absolute atomic E-state index is 0.0685. The van der Waals surface area contributed by atoms with E-state index in [4.69, 9.17) is 0 Å². The van der Waals surface area contributed by atoms with Crippen LogP contribution in [0.4, 0.5) is 0 Å². The molecule has 0 saturated heterocycles. The van der Waals surface area contributed by atoms with Crippen molar-refractivity contribution in [2.24, 2.45) is 0 Å². The van der Waals surface area contributed by atoms with Crippen LogP contribution in [0.15, 0.2) is 212 Å². The number of unbranched alkanes of at least 4 members (excludes halogenated alkanes) is 20. The fourth-order valence-corrected chi connectivity index (χ4v) is 20.1. The van der Waals surface area contributed by atoms with Gasteiger partial charge >= 0.3 is 0 Å². The van der Waals surface area contributed by atoms with Crippen molar-refractivity contribution in [1.82, 2.24) is 9.13 Å². The normalized spacial score (nSPS) is 13.7. The van der Waals surface area contributed by atoms with Gasteiger partial charge in [-0.3, -0.25) is 0 Å². The van der Waals surface area contributed by atoms with Crippen molar-refractivity contribution < 1.29 is 0 Å². The largest absolute Gasteiger partial charge is 0.309 e. The molecule has 13 aromatic rings. The summed E-state index contributed by atoms with van der Waals surface area (Å²) < 4.78 is 4.95. The number of benzene rings is 11. The molecular formula is C104H114N2. The van der Waals surface area contributed by atoms with Crippen LogP contribution in [-0.4, -0.2) is 9.13 Å². The minimum Gasteiger partial charge on any atom is -0.309 e. The second kappa shape index (κ2) is 31.5. The number of fused-ring (bicyclic) bond motifs is 15. The number of aromatic nitrogens is 2. The maximum absolute atomic E-state index is 2.69. The van der Waals surface area contributed by atoms with Crippen LogP contribution in [0.2, 0.25) is 0 Å². The van der Waals surface area contributed by atoms with E-state index >= 15 is 0 Å². The molecule has 0 saturated carbocycles. The lowest BCUT2D eigenvalue weighted by atomic mass is 9.70. The first-order valence-corrected chi connectivity index (χ1v) is 42.1. The Balaban J connectivity index is 0.722. The van der Waals surface area contributed by atoms with Crippen molar-refractivity contribution in [3.63, 3.8) is 0 Å². The van der Waals surface area contributed by atoms with Crippen LogP contribution in [0.1, 0.15) is 258 Å². The Kier molecular flexibility index (Phi) is 21.2. The van der Waals surface area contributed by atoms with Gasteiger partial charge in [0.25, 0.3) is 0 Å². The van der Waals surface area contributed by atoms with E-state index in [9.17, 15) is 0 Å². The van der Waals surface area contributed by atoms with Crippen LogP contribution in [-0.2, 0) is 17.3 Å². The van der Waals surface area contributed by atoms with Crippen molar-refractivity contribution >= 4 is 43.6 Å². The smallest absolute Gasteiger partial charge is 0.0541 e. The van der Waals surface area contributed by atoms with Crippen LogP contribution in [0, 0.1) is 20.8 Å². The molecule has 0 N–H and O–H groups in total. The fraction of sp³-hybridized carbons (Fsp3) is 0.365.